The van der Waals surface area contributed by atoms with Crippen LogP contribution < -0.4 is 0 Å². The normalized spacial score (nSPS) is 17.4. The molecule has 0 atom stereocenters. The van der Waals surface area contributed by atoms with E-state index < -0.39 is 15.8 Å². The van der Waals surface area contributed by atoms with Crippen LogP contribution in [-0.2, 0) is 14.6 Å². The third-order valence-corrected chi connectivity index (χ3v) is 5.74. The number of hydrogen-bond acceptors (Lipinski definition) is 5. The quantitative estimate of drug-likeness (QED) is 0.819. The van der Waals surface area contributed by atoms with Crippen LogP contribution in [0.15, 0.2) is 27.7 Å². The van der Waals surface area contributed by atoms with Crippen LogP contribution in [0.2, 0.25) is 0 Å². The molecule has 1 fully saturated rings. The van der Waals surface area contributed by atoms with Crippen molar-refractivity contribution in [1.82, 2.24) is 14.7 Å². The number of carboxylic acids is 1. The molecule has 9 heteroatoms. The van der Waals surface area contributed by atoms with Gasteiger partial charge in [-0.2, -0.15) is 5.10 Å². The van der Waals surface area contributed by atoms with Crippen LogP contribution in [0.5, 0.6) is 0 Å². The third-order valence-electron chi connectivity index (χ3n) is 4.25. The van der Waals surface area contributed by atoms with Gasteiger partial charge >= 0.3 is 5.97 Å². The van der Waals surface area contributed by atoms with Gasteiger partial charge in [-0.25, -0.2) is 8.42 Å². The number of nitrogens with zero attached hydrogens (tertiary/aromatic N) is 3. The molecule has 0 aliphatic carbocycles. The molecule has 0 amide bonds. The topological polar surface area (TPSA) is 92.5 Å². The number of likely N-dealkylation sites (tertiary alicyclic amines) is 1. The first-order valence-electron chi connectivity index (χ1n) is 7.57. The highest BCUT2D eigenvalue weighted by Crippen LogP contribution is 2.31. The van der Waals surface area contributed by atoms with E-state index >= 15 is 0 Å². The van der Waals surface area contributed by atoms with Gasteiger partial charge in [0.2, 0.25) is 0 Å². The summed E-state index contributed by atoms with van der Waals surface area (Å²) in [6.07, 6.45) is 2.64. The Bertz CT molecular complexity index is 886. The summed E-state index contributed by atoms with van der Waals surface area (Å²) in [6, 6.07) is 5.57. The Morgan fingerprint density at radius 2 is 2.04 bits per heavy atom. The summed E-state index contributed by atoms with van der Waals surface area (Å²) in [5, 5.41) is 14.0. The molecule has 1 saturated heterocycles. The van der Waals surface area contributed by atoms with Crippen molar-refractivity contribution in [2.75, 3.05) is 25.9 Å². The highest BCUT2D eigenvalue weighted by molar-refractivity contribution is 9.10. The zero-order chi connectivity index (χ0) is 17.5. The van der Waals surface area contributed by atoms with Crippen molar-refractivity contribution in [3.63, 3.8) is 0 Å². The van der Waals surface area contributed by atoms with E-state index in [9.17, 15) is 13.2 Å². The Morgan fingerprint density at radius 3 is 2.62 bits per heavy atom. The minimum absolute atomic E-state index is 0.0358. The number of carbonyl (C=O) groups is 1. The summed E-state index contributed by atoms with van der Waals surface area (Å²) in [5.74, 6) is -0.831. The molecule has 0 radical (unpaired) electrons. The van der Waals surface area contributed by atoms with Crippen LogP contribution in [0.3, 0.4) is 0 Å². The standard InChI is InChI=1S/C15H18BrN3O4S/c1-24(22,23)15-12-8-10(16)2-3-13(12)19(17-15)11-4-6-18(7-5-11)9-14(20)21/h2-3,8,11H,4-7,9H2,1H3,(H,20,21). The molecule has 1 aromatic heterocycles. The van der Waals surface area contributed by atoms with Gasteiger partial charge in [-0.1, -0.05) is 15.9 Å². The number of aliphatic carboxylic acids is 1. The lowest BCUT2D eigenvalue weighted by Crippen LogP contribution is -2.38. The Morgan fingerprint density at radius 1 is 1.38 bits per heavy atom. The van der Waals surface area contributed by atoms with Crippen molar-refractivity contribution in [3.8, 4) is 0 Å². The number of halogens is 1. The molecule has 0 spiro atoms. The van der Waals surface area contributed by atoms with Crippen LogP contribution in [0, 0.1) is 0 Å². The van der Waals surface area contributed by atoms with Gasteiger partial charge < -0.3 is 5.11 Å². The van der Waals surface area contributed by atoms with E-state index in [4.69, 9.17) is 5.11 Å². The first-order chi connectivity index (χ1) is 11.3. The van der Waals surface area contributed by atoms with Gasteiger partial charge in [-0.3, -0.25) is 14.4 Å². The molecule has 2 heterocycles. The molecule has 1 aliphatic rings. The Hall–Kier alpha value is -1.45. The number of hydrogen-bond donors (Lipinski definition) is 1. The number of rotatable bonds is 4. The van der Waals surface area contributed by atoms with Gasteiger partial charge in [-0.05, 0) is 31.0 Å². The fourth-order valence-electron chi connectivity index (χ4n) is 3.15. The first-order valence-corrected chi connectivity index (χ1v) is 10.3. The Balaban J connectivity index is 1.95. The van der Waals surface area contributed by atoms with Crippen molar-refractivity contribution < 1.29 is 18.3 Å². The molecular weight excluding hydrogens is 398 g/mol. The smallest absolute Gasteiger partial charge is 0.317 e. The Labute approximate surface area is 148 Å². The average molecular weight is 416 g/mol. The van der Waals surface area contributed by atoms with Gasteiger partial charge in [0.05, 0.1) is 18.1 Å². The van der Waals surface area contributed by atoms with E-state index in [-0.39, 0.29) is 17.6 Å². The summed E-state index contributed by atoms with van der Waals surface area (Å²) in [4.78, 5) is 12.7. The second kappa shape index (κ2) is 6.45. The van der Waals surface area contributed by atoms with Crippen molar-refractivity contribution in [3.05, 3.63) is 22.7 Å². The summed E-state index contributed by atoms with van der Waals surface area (Å²) in [7, 11) is -3.43. The summed E-state index contributed by atoms with van der Waals surface area (Å²) < 4.78 is 26.7. The summed E-state index contributed by atoms with van der Waals surface area (Å²) in [5.41, 5.74) is 0.787. The average Bonchev–Trinajstić information content (AvgIpc) is 2.86. The van der Waals surface area contributed by atoms with Crippen molar-refractivity contribution in [2.45, 2.75) is 23.9 Å². The maximum Gasteiger partial charge on any atom is 0.317 e. The molecule has 7 nitrogen and oxygen atoms in total. The molecule has 1 aromatic carbocycles. The molecule has 0 saturated carbocycles. The number of piperidine rings is 1. The number of benzene rings is 1. The SMILES string of the molecule is CS(=O)(=O)c1nn(C2CCN(CC(=O)O)CC2)c2ccc(Br)cc12. The zero-order valence-electron chi connectivity index (χ0n) is 13.1. The minimum Gasteiger partial charge on any atom is -0.480 e. The lowest BCUT2D eigenvalue weighted by molar-refractivity contribution is -0.138. The monoisotopic (exact) mass is 415 g/mol. The van der Waals surface area contributed by atoms with E-state index in [1.165, 1.54) is 0 Å². The molecule has 130 valence electrons. The zero-order valence-corrected chi connectivity index (χ0v) is 15.5. The second-order valence-corrected chi connectivity index (χ2v) is 8.93. The van der Waals surface area contributed by atoms with Crippen LogP contribution in [0.25, 0.3) is 10.9 Å². The van der Waals surface area contributed by atoms with E-state index in [2.05, 4.69) is 21.0 Å². The van der Waals surface area contributed by atoms with Crippen LogP contribution in [0.4, 0.5) is 0 Å². The van der Waals surface area contributed by atoms with Gasteiger partial charge in [0.15, 0.2) is 14.9 Å². The largest absolute Gasteiger partial charge is 0.480 e. The number of fused-ring (bicyclic) bond motifs is 1. The van der Waals surface area contributed by atoms with Crippen molar-refractivity contribution in [2.24, 2.45) is 0 Å². The molecular formula is C15H18BrN3O4S. The van der Waals surface area contributed by atoms with E-state index in [1.54, 1.807) is 10.7 Å². The lowest BCUT2D eigenvalue weighted by atomic mass is 10.0. The molecule has 0 unspecified atom stereocenters. The summed E-state index contributed by atoms with van der Waals surface area (Å²) >= 11 is 3.38. The maximum absolute atomic E-state index is 12.1. The molecule has 1 N–H and O–H groups in total. The van der Waals surface area contributed by atoms with Gasteiger partial charge in [0, 0.05) is 29.2 Å². The Kier molecular flexibility index (Phi) is 4.67. The molecule has 3 rings (SSSR count). The first kappa shape index (κ1) is 17.4. The van der Waals surface area contributed by atoms with Gasteiger partial charge in [0.25, 0.3) is 0 Å². The highest BCUT2D eigenvalue weighted by Gasteiger charge is 2.27. The highest BCUT2D eigenvalue weighted by atomic mass is 79.9. The van der Waals surface area contributed by atoms with Gasteiger partial charge in [0.1, 0.15) is 0 Å². The molecule has 0 bridgehead atoms. The second-order valence-electron chi connectivity index (χ2n) is 6.08. The fourth-order valence-corrected chi connectivity index (χ4v) is 4.31. The van der Waals surface area contributed by atoms with E-state index in [0.29, 0.717) is 18.5 Å². The third kappa shape index (κ3) is 3.47. The minimum atomic E-state index is -3.43. The van der Waals surface area contributed by atoms with E-state index in [0.717, 1.165) is 29.1 Å². The number of sulfone groups is 1. The lowest BCUT2D eigenvalue weighted by Gasteiger charge is -2.31. The molecule has 24 heavy (non-hydrogen) atoms. The van der Waals surface area contributed by atoms with Crippen LogP contribution in [0.1, 0.15) is 18.9 Å². The summed E-state index contributed by atoms with van der Waals surface area (Å²) in [6.45, 7) is 1.35. The number of carboxylic acid groups (broad SMARTS) is 1. The van der Waals surface area contributed by atoms with Gasteiger partial charge in [-0.15, -0.1) is 0 Å². The predicted molar refractivity (Wildman–Crippen MR) is 92.9 cm³/mol. The fraction of sp³-hybridized carbons (Fsp3) is 0.467. The molecule has 2 aromatic rings. The molecule has 1 aliphatic heterocycles. The number of aromatic nitrogens is 2. The van der Waals surface area contributed by atoms with Crippen molar-refractivity contribution in [1.29, 1.82) is 0 Å². The predicted octanol–water partition coefficient (Wildman–Crippen LogP) is 1.92. The van der Waals surface area contributed by atoms with E-state index in [1.807, 2.05) is 17.0 Å². The maximum atomic E-state index is 12.1. The van der Waals surface area contributed by atoms with Crippen LogP contribution >= 0.6 is 15.9 Å². The van der Waals surface area contributed by atoms with Crippen molar-refractivity contribution >= 4 is 42.6 Å². The van der Waals surface area contributed by atoms with Crippen LogP contribution in [-0.4, -0.2) is 60.1 Å².